The molecule has 0 bridgehead atoms. The molecule has 0 radical (unpaired) electrons. The molecule has 0 spiro atoms. The quantitative estimate of drug-likeness (QED) is 0.875. The predicted octanol–water partition coefficient (Wildman–Crippen LogP) is 3.84. The van der Waals surface area contributed by atoms with E-state index in [1.807, 2.05) is 25.3 Å². The molecule has 1 fully saturated rings. The summed E-state index contributed by atoms with van der Waals surface area (Å²) in [6.45, 7) is 3.62. The minimum Gasteiger partial charge on any atom is -0.389 e. The summed E-state index contributed by atoms with van der Waals surface area (Å²) in [5.74, 6) is 1.74. The molecule has 2 heterocycles. The molecule has 4 rings (SSSR count). The van der Waals surface area contributed by atoms with Crippen LogP contribution in [0, 0.1) is 0 Å². The van der Waals surface area contributed by atoms with E-state index in [1.165, 1.54) is 43.2 Å². The summed E-state index contributed by atoms with van der Waals surface area (Å²) in [4.78, 5) is 11.5. The molecule has 2 aromatic rings. The van der Waals surface area contributed by atoms with Crippen LogP contribution >= 0.6 is 0 Å². The number of hydrogen-bond acceptors (Lipinski definition) is 5. The van der Waals surface area contributed by atoms with Gasteiger partial charge in [-0.05, 0) is 48.9 Å². The van der Waals surface area contributed by atoms with E-state index >= 15 is 0 Å². The van der Waals surface area contributed by atoms with Crippen molar-refractivity contribution in [1.29, 1.82) is 0 Å². The first kappa shape index (κ1) is 17.3. The van der Waals surface area contributed by atoms with Gasteiger partial charge in [-0.2, -0.15) is 4.98 Å². The Kier molecular flexibility index (Phi) is 5.07. The Morgan fingerprint density at radius 3 is 2.81 bits per heavy atom. The van der Waals surface area contributed by atoms with Crippen molar-refractivity contribution in [1.82, 2.24) is 9.97 Å². The Labute approximate surface area is 155 Å². The Morgan fingerprint density at radius 2 is 2.00 bits per heavy atom. The minimum absolute atomic E-state index is 0.409. The highest BCUT2D eigenvalue weighted by Gasteiger charge is 2.20. The standard InChI is InChI=1S/C21H28N4O/c1-15(26)16-7-8-18-14-25(12-10-17(18)13-16)20-9-11-22-21(24-20)23-19-5-3-2-4-6-19/h7-9,11,13,15,19,26H,2-6,10,12,14H2,1H3,(H,22,23,24)/t15-/m1/s1. The van der Waals surface area contributed by atoms with Crippen molar-refractivity contribution in [3.63, 3.8) is 0 Å². The second-order valence-electron chi connectivity index (χ2n) is 7.59. The fourth-order valence-corrected chi connectivity index (χ4v) is 4.05. The summed E-state index contributed by atoms with van der Waals surface area (Å²) in [5, 5.41) is 13.3. The van der Waals surface area contributed by atoms with E-state index in [0.29, 0.717) is 6.04 Å². The molecule has 0 saturated heterocycles. The topological polar surface area (TPSA) is 61.3 Å². The summed E-state index contributed by atoms with van der Waals surface area (Å²) < 4.78 is 0. The Balaban J connectivity index is 1.47. The smallest absolute Gasteiger partial charge is 0.224 e. The van der Waals surface area contributed by atoms with Crippen molar-refractivity contribution in [3.05, 3.63) is 47.2 Å². The summed E-state index contributed by atoms with van der Waals surface area (Å²) >= 11 is 0. The third-order valence-electron chi connectivity index (χ3n) is 5.63. The van der Waals surface area contributed by atoms with Crippen LogP contribution in [0.3, 0.4) is 0 Å². The minimum atomic E-state index is -0.409. The van der Waals surface area contributed by atoms with Crippen molar-refractivity contribution < 1.29 is 5.11 Å². The van der Waals surface area contributed by atoms with Gasteiger partial charge in [0.05, 0.1) is 6.10 Å². The predicted molar refractivity (Wildman–Crippen MR) is 104 cm³/mol. The maximum absolute atomic E-state index is 9.79. The second kappa shape index (κ2) is 7.62. The first-order valence-electron chi connectivity index (χ1n) is 9.83. The average Bonchev–Trinajstić information content (AvgIpc) is 2.68. The molecule has 1 aliphatic heterocycles. The molecule has 26 heavy (non-hydrogen) atoms. The molecule has 138 valence electrons. The van der Waals surface area contributed by atoms with E-state index in [1.54, 1.807) is 0 Å². The van der Waals surface area contributed by atoms with Gasteiger partial charge in [0.15, 0.2) is 0 Å². The van der Waals surface area contributed by atoms with Gasteiger partial charge in [0.25, 0.3) is 0 Å². The zero-order valence-corrected chi connectivity index (χ0v) is 15.5. The third kappa shape index (κ3) is 3.83. The van der Waals surface area contributed by atoms with Gasteiger partial charge >= 0.3 is 0 Å². The maximum atomic E-state index is 9.79. The van der Waals surface area contributed by atoms with Crippen LogP contribution in [0.15, 0.2) is 30.5 Å². The highest BCUT2D eigenvalue weighted by molar-refractivity contribution is 5.47. The molecule has 1 aromatic carbocycles. The highest BCUT2D eigenvalue weighted by Crippen LogP contribution is 2.27. The molecular weight excluding hydrogens is 324 g/mol. The lowest BCUT2D eigenvalue weighted by atomic mass is 9.95. The Hall–Kier alpha value is -2.14. The van der Waals surface area contributed by atoms with Crippen LogP contribution in [0.5, 0.6) is 0 Å². The van der Waals surface area contributed by atoms with Crippen molar-refractivity contribution in [2.45, 2.75) is 64.1 Å². The highest BCUT2D eigenvalue weighted by atomic mass is 16.3. The first-order chi connectivity index (χ1) is 12.7. The van der Waals surface area contributed by atoms with Crippen LogP contribution in [0.1, 0.15) is 61.8 Å². The number of hydrogen-bond donors (Lipinski definition) is 2. The van der Waals surface area contributed by atoms with Crippen LogP contribution in [0.4, 0.5) is 11.8 Å². The van der Waals surface area contributed by atoms with E-state index in [-0.39, 0.29) is 0 Å². The lowest BCUT2D eigenvalue weighted by Crippen LogP contribution is -2.31. The van der Waals surface area contributed by atoms with E-state index < -0.39 is 6.10 Å². The van der Waals surface area contributed by atoms with Gasteiger partial charge in [0.2, 0.25) is 5.95 Å². The van der Waals surface area contributed by atoms with Crippen molar-refractivity contribution in [2.75, 3.05) is 16.8 Å². The molecule has 0 unspecified atom stereocenters. The Bertz CT molecular complexity index is 755. The zero-order valence-electron chi connectivity index (χ0n) is 15.5. The van der Waals surface area contributed by atoms with E-state index in [4.69, 9.17) is 4.98 Å². The number of benzene rings is 1. The molecule has 1 atom stereocenters. The molecule has 1 aliphatic carbocycles. The van der Waals surface area contributed by atoms with Crippen LogP contribution in [-0.4, -0.2) is 27.7 Å². The van der Waals surface area contributed by atoms with Crippen molar-refractivity contribution >= 4 is 11.8 Å². The van der Waals surface area contributed by atoms with Crippen LogP contribution in [0.2, 0.25) is 0 Å². The Morgan fingerprint density at radius 1 is 1.15 bits per heavy atom. The normalized spacial score (nSPS) is 19.1. The van der Waals surface area contributed by atoms with Gasteiger partial charge in [0, 0.05) is 25.3 Å². The lowest BCUT2D eigenvalue weighted by molar-refractivity contribution is 0.199. The fraction of sp³-hybridized carbons (Fsp3) is 0.524. The molecule has 0 amide bonds. The number of nitrogens with zero attached hydrogens (tertiary/aromatic N) is 3. The van der Waals surface area contributed by atoms with E-state index in [2.05, 4.69) is 27.3 Å². The number of anilines is 2. The summed E-state index contributed by atoms with van der Waals surface area (Å²) in [6, 6.07) is 8.84. The van der Waals surface area contributed by atoms with Gasteiger partial charge in [-0.15, -0.1) is 0 Å². The molecule has 2 N–H and O–H groups in total. The number of aromatic nitrogens is 2. The largest absolute Gasteiger partial charge is 0.389 e. The van der Waals surface area contributed by atoms with Gasteiger partial charge in [0.1, 0.15) is 5.82 Å². The van der Waals surface area contributed by atoms with Crippen LogP contribution in [0.25, 0.3) is 0 Å². The summed E-state index contributed by atoms with van der Waals surface area (Å²) in [5.41, 5.74) is 3.66. The number of rotatable bonds is 4. The monoisotopic (exact) mass is 352 g/mol. The molecule has 2 aliphatic rings. The number of aliphatic hydroxyl groups excluding tert-OH is 1. The maximum Gasteiger partial charge on any atom is 0.224 e. The molecular formula is C21H28N4O. The van der Waals surface area contributed by atoms with E-state index in [9.17, 15) is 5.11 Å². The zero-order chi connectivity index (χ0) is 17.9. The molecule has 5 heteroatoms. The van der Waals surface area contributed by atoms with Gasteiger partial charge in [-0.3, -0.25) is 0 Å². The summed E-state index contributed by atoms with van der Waals surface area (Å²) in [6.07, 6.45) is 8.82. The number of nitrogens with one attached hydrogen (secondary N) is 1. The van der Waals surface area contributed by atoms with Crippen molar-refractivity contribution in [3.8, 4) is 0 Å². The average molecular weight is 352 g/mol. The van der Waals surface area contributed by atoms with Gasteiger partial charge in [-0.1, -0.05) is 37.5 Å². The molecule has 5 nitrogen and oxygen atoms in total. The summed E-state index contributed by atoms with van der Waals surface area (Å²) in [7, 11) is 0. The third-order valence-corrected chi connectivity index (χ3v) is 5.63. The molecule has 1 saturated carbocycles. The van der Waals surface area contributed by atoms with E-state index in [0.717, 1.165) is 36.8 Å². The van der Waals surface area contributed by atoms with Gasteiger partial charge < -0.3 is 15.3 Å². The van der Waals surface area contributed by atoms with Crippen LogP contribution < -0.4 is 10.2 Å². The van der Waals surface area contributed by atoms with Gasteiger partial charge in [-0.25, -0.2) is 4.98 Å². The van der Waals surface area contributed by atoms with Crippen molar-refractivity contribution in [2.24, 2.45) is 0 Å². The second-order valence-corrected chi connectivity index (χ2v) is 7.59. The fourth-order valence-electron chi connectivity index (χ4n) is 4.05. The van der Waals surface area contributed by atoms with Crippen LogP contribution in [-0.2, 0) is 13.0 Å². The first-order valence-corrected chi connectivity index (χ1v) is 9.83. The molecule has 1 aromatic heterocycles. The number of aliphatic hydroxyl groups is 1. The number of fused-ring (bicyclic) bond motifs is 1. The lowest BCUT2D eigenvalue weighted by Gasteiger charge is -2.30. The SMILES string of the molecule is C[C@@H](O)c1ccc2c(c1)CCN(c1ccnc(NC3CCCCC3)n1)C2.